The van der Waals surface area contributed by atoms with E-state index in [4.69, 9.17) is 14.2 Å². The molecule has 104 valence electrons. The second-order valence-corrected chi connectivity index (χ2v) is 5.70. The summed E-state index contributed by atoms with van der Waals surface area (Å²) in [7, 11) is 1.56. The van der Waals surface area contributed by atoms with E-state index in [0.29, 0.717) is 30.3 Å². The molecular weight excluding hydrogens is 244 g/mol. The molecule has 1 heterocycles. The molecule has 2 rings (SSSR count). The fraction of sp³-hybridized carbons (Fsp3) is 0.533. The highest BCUT2D eigenvalue weighted by molar-refractivity contribution is 6.00. The Bertz CT molecular complexity index is 474. The van der Waals surface area contributed by atoms with Crippen molar-refractivity contribution >= 4 is 5.78 Å². The summed E-state index contributed by atoms with van der Waals surface area (Å²) in [6.07, 6.45) is -0.477. The molecule has 0 bridgehead atoms. The first-order valence-electron chi connectivity index (χ1n) is 6.40. The van der Waals surface area contributed by atoms with Crippen LogP contribution in [0.1, 0.15) is 31.1 Å². The maximum Gasteiger partial charge on any atom is 0.192 e. The van der Waals surface area contributed by atoms with Gasteiger partial charge in [0.05, 0.1) is 0 Å². The molecule has 0 amide bonds. The van der Waals surface area contributed by atoms with Gasteiger partial charge in [0.25, 0.3) is 0 Å². The van der Waals surface area contributed by atoms with Crippen molar-refractivity contribution in [3.63, 3.8) is 0 Å². The third-order valence-corrected chi connectivity index (χ3v) is 3.09. The van der Waals surface area contributed by atoms with Gasteiger partial charge in [0.15, 0.2) is 17.3 Å². The predicted molar refractivity (Wildman–Crippen MR) is 72.0 cm³/mol. The molecule has 1 aromatic rings. The average Bonchev–Trinajstić information content (AvgIpc) is 2.37. The predicted octanol–water partition coefficient (Wildman–Crippen LogP) is 2.70. The summed E-state index contributed by atoms with van der Waals surface area (Å²) in [5.74, 6) is 1.28. The molecule has 4 heteroatoms. The average molecular weight is 264 g/mol. The third kappa shape index (κ3) is 2.89. The maximum absolute atomic E-state index is 12.5. The molecular formula is C15H20O4. The number of carbonyl (C=O) groups excluding carboxylic acids is 1. The van der Waals surface area contributed by atoms with Gasteiger partial charge in [-0.15, -0.1) is 0 Å². The largest absolute Gasteiger partial charge is 0.486 e. The number of carbonyl (C=O) groups is 1. The Morgan fingerprint density at radius 2 is 1.84 bits per heavy atom. The summed E-state index contributed by atoms with van der Waals surface area (Å²) in [6, 6.07) is 5.26. The minimum atomic E-state index is -0.477. The first kappa shape index (κ1) is 13.9. The minimum Gasteiger partial charge on any atom is -0.486 e. The SMILES string of the molecule is COC(C(=O)c1ccc2c(c1)OCCO2)C(C)(C)C. The van der Waals surface area contributed by atoms with Crippen molar-refractivity contribution in [2.45, 2.75) is 26.9 Å². The number of hydrogen-bond acceptors (Lipinski definition) is 4. The van der Waals surface area contributed by atoms with Gasteiger partial charge in [0, 0.05) is 12.7 Å². The summed E-state index contributed by atoms with van der Waals surface area (Å²) in [5.41, 5.74) is 0.338. The zero-order valence-corrected chi connectivity index (χ0v) is 11.9. The number of ether oxygens (including phenoxy) is 3. The van der Waals surface area contributed by atoms with E-state index in [1.54, 1.807) is 25.3 Å². The normalized spacial score (nSPS) is 16.0. The fourth-order valence-corrected chi connectivity index (χ4v) is 2.20. The zero-order valence-electron chi connectivity index (χ0n) is 11.9. The molecule has 0 fully saturated rings. The van der Waals surface area contributed by atoms with E-state index < -0.39 is 6.10 Å². The van der Waals surface area contributed by atoms with E-state index in [1.165, 1.54) is 0 Å². The number of hydrogen-bond donors (Lipinski definition) is 0. The van der Waals surface area contributed by atoms with Gasteiger partial charge < -0.3 is 14.2 Å². The Morgan fingerprint density at radius 1 is 1.21 bits per heavy atom. The molecule has 0 radical (unpaired) electrons. The molecule has 4 nitrogen and oxygen atoms in total. The summed E-state index contributed by atoms with van der Waals surface area (Å²) in [4.78, 5) is 12.5. The topological polar surface area (TPSA) is 44.8 Å². The highest BCUT2D eigenvalue weighted by Gasteiger charge is 2.32. The van der Waals surface area contributed by atoms with Crippen LogP contribution in [0.15, 0.2) is 18.2 Å². The van der Waals surface area contributed by atoms with Crippen LogP contribution in [0.5, 0.6) is 11.5 Å². The molecule has 0 saturated heterocycles. The molecule has 0 aromatic heterocycles. The standard InChI is InChI=1S/C15H20O4/c1-15(2,3)14(17-4)13(16)10-5-6-11-12(9-10)19-8-7-18-11/h5-6,9,14H,7-8H2,1-4H3. The quantitative estimate of drug-likeness (QED) is 0.787. The summed E-state index contributed by atoms with van der Waals surface area (Å²) in [5, 5.41) is 0. The van der Waals surface area contributed by atoms with Crippen LogP contribution in [0.2, 0.25) is 0 Å². The van der Waals surface area contributed by atoms with Gasteiger partial charge in [-0.2, -0.15) is 0 Å². The highest BCUT2D eigenvalue weighted by Crippen LogP contribution is 2.32. The van der Waals surface area contributed by atoms with Crippen LogP contribution in [0.4, 0.5) is 0 Å². The lowest BCUT2D eigenvalue weighted by Crippen LogP contribution is -2.36. The minimum absolute atomic E-state index is 0.0352. The monoisotopic (exact) mass is 264 g/mol. The van der Waals surface area contributed by atoms with E-state index in [2.05, 4.69) is 0 Å². The number of methoxy groups -OCH3 is 1. The van der Waals surface area contributed by atoms with Crippen molar-refractivity contribution in [2.24, 2.45) is 5.41 Å². The van der Waals surface area contributed by atoms with E-state index in [9.17, 15) is 4.79 Å². The van der Waals surface area contributed by atoms with Gasteiger partial charge >= 0.3 is 0 Å². The van der Waals surface area contributed by atoms with E-state index in [1.807, 2.05) is 20.8 Å². The van der Waals surface area contributed by atoms with Crippen LogP contribution in [0.3, 0.4) is 0 Å². The molecule has 0 spiro atoms. The van der Waals surface area contributed by atoms with Crippen molar-refractivity contribution in [3.8, 4) is 11.5 Å². The van der Waals surface area contributed by atoms with Crippen LogP contribution in [0, 0.1) is 5.41 Å². The van der Waals surface area contributed by atoms with Gasteiger partial charge in [-0.1, -0.05) is 20.8 Å². The van der Waals surface area contributed by atoms with Crippen molar-refractivity contribution < 1.29 is 19.0 Å². The van der Waals surface area contributed by atoms with Crippen molar-refractivity contribution in [2.75, 3.05) is 20.3 Å². The summed E-state index contributed by atoms with van der Waals surface area (Å²) in [6.45, 7) is 7.01. The van der Waals surface area contributed by atoms with E-state index in [0.717, 1.165) is 0 Å². The Balaban J connectivity index is 2.28. The number of Topliss-reactive ketones (excluding diaryl/α,β-unsaturated/α-hetero) is 1. The lowest BCUT2D eigenvalue weighted by atomic mass is 9.84. The Hall–Kier alpha value is -1.55. The Labute approximate surface area is 113 Å². The Kier molecular flexibility index (Phi) is 3.80. The van der Waals surface area contributed by atoms with Gasteiger partial charge in [-0.05, 0) is 23.6 Å². The van der Waals surface area contributed by atoms with Crippen molar-refractivity contribution in [1.29, 1.82) is 0 Å². The highest BCUT2D eigenvalue weighted by atomic mass is 16.6. The van der Waals surface area contributed by atoms with E-state index in [-0.39, 0.29) is 11.2 Å². The molecule has 0 N–H and O–H groups in total. The third-order valence-electron chi connectivity index (χ3n) is 3.09. The van der Waals surface area contributed by atoms with Gasteiger partial charge in [0.2, 0.25) is 0 Å². The first-order chi connectivity index (χ1) is 8.93. The second kappa shape index (κ2) is 5.21. The van der Waals surface area contributed by atoms with Gasteiger partial charge in [-0.25, -0.2) is 0 Å². The molecule has 0 saturated carbocycles. The van der Waals surface area contributed by atoms with Gasteiger partial charge in [0.1, 0.15) is 19.3 Å². The number of benzene rings is 1. The molecule has 1 aliphatic rings. The number of rotatable bonds is 3. The van der Waals surface area contributed by atoms with Crippen LogP contribution < -0.4 is 9.47 Å². The summed E-state index contributed by atoms with van der Waals surface area (Å²) < 4.78 is 16.3. The lowest BCUT2D eigenvalue weighted by Gasteiger charge is -2.28. The summed E-state index contributed by atoms with van der Waals surface area (Å²) >= 11 is 0. The second-order valence-electron chi connectivity index (χ2n) is 5.70. The van der Waals surface area contributed by atoms with E-state index >= 15 is 0 Å². The van der Waals surface area contributed by atoms with Crippen LogP contribution in [-0.2, 0) is 4.74 Å². The smallest absolute Gasteiger partial charge is 0.192 e. The first-order valence-corrected chi connectivity index (χ1v) is 6.40. The molecule has 0 aliphatic carbocycles. The van der Waals surface area contributed by atoms with Crippen LogP contribution in [-0.4, -0.2) is 32.2 Å². The lowest BCUT2D eigenvalue weighted by molar-refractivity contribution is 0.0195. The number of ketones is 1. The molecule has 1 unspecified atom stereocenters. The fourth-order valence-electron chi connectivity index (χ4n) is 2.20. The maximum atomic E-state index is 12.5. The van der Waals surface area contributed by atoms with Crippen LogP contribution in [0.25, 0.3) is 0 Å². The number of fused-ring (bicyclic) bond motifs is 1. The molecule has 19 heavy (non-hydrogen) atoms. The molecule has 1 atom stereocenters. The Morgan fingerprint density at radius 3 is 2.42 bits per heavy atom. The molecule has 1 aromatic carbocycles. The van der Waals surface area contributed by atoms with Gasteiger partial charge in [-0.3, -0.25) is 4.79 Å². The van der Waals surface area contributed by atoms with Crippen molar-refractivity contribution in [3.05, 3.63) is 23.8 Å². The van der Waals surface area contributed by atoms with Crippen LogP contribution >= 0.6 is 0 Å². The molecule has 1 aliphatic heterocycles. The zero-order chi connectivity index (χ0) is 14.0. The van der Waals surface area contributed by atoms with Crippen molar-refractivity contribution in [1.82, 2.24) is 0 Å².